The van der Waals surface area contributed by atoms with Crippen LogP contribution in [0.5, 0.6) is 0 Å². The van der Waals surface area contributed by atoms with Gasteiger partial charge < -0.3 is 15.4 Å². The summed E-state index contributed by atoms with van der Waals surface area (Å²) in [5.74, 6) is -0.584. The molecular weight excluding hydrogens is 196 g/mol. The molecule has 0 spiro atoms. The molecule has 0 fully saturated rings. The zero-order valence-corrected chi connectivity index (χ0v) is 9.79. The standard InChI is InChI=1S/C10H20N2O3/c1-5-11-6-8(13)12-9(7(2)3)10(14)15-4/h7,9,11H,5-6H2,1-4H3,(H,12,13)/t9-/m0/s1. The number of hydrogen-bond acceptors (Lipinski definition) is 4. The predicted octanol–water partition coefficient (Wildman–Crippen LogP) is -0.0903. The molecular formula is C10H20N2O3. The van der Waals surface area contributed by atoms with Gasteiger partial charge in [0.05, 0.1) is 13.7 Å². The first kappa shape index (κ1) is 13.9. The maximum absolute atomic E-state index is 11.4. The number of carbonyl (C=O) groups is 2. The molecule has 0 aromatic carbocycles. The minimum atomic E-state index is -0.568. The number of esters is 1. The van der Waals surface area contributed by atoms with Crippen LogP contribution in [0.1, 0.15) is 20.8 Å². The highest BCUT2D eigenvalue weighted by molar-refractivity contribution is 5.85. The van der Waals surface area contributed by atoms with Gasteiger partial charge in [0.1, 0.15) is 6.04 Å². The van der Waals surface area contributed by atoms with E-state index in [9.17, 15) is 9.59 Å². The average molecular weight is 216 g/mol. The largest absolute Gasteiger partial charge is 0.467 e. The Morgan fingerprint density at radius 1 is 1.33 bits per heavy atom. The maximum Gasteiger partial charge on any atom is 0.328 e. The molecule has 0 aliphatic carbocycles. The van der Waals surface area contributed by atoms with Crippen molar-refractivity contribution in [3.05, 3.63) is 0 Å². The fourth-order valence-corrected chi connectivity index (χ4v) is 1.09. The highest BCUT2D eigenvalue weighted by atomic mass is 16.5. The van der Waals surface area contributed by atoms with E-state index < -0.39 is 12.0 Å². The van der Waals surface area contributed by atoms with Crippen molar-refractivity contribution in [3.8, 4) is 0 Å². The molecule has 0 aromatic rings. The molecule has 0 radical (unpaired) electrons. The summed E-state index contributed by atoms with van der Waals surface area (Å²) in [5.41, 5.74) is 0. The Kier molecular flexibility index (Phi) is 6.70. The lowest BCUT2D eigenvalue weighted by molar-refractivity contribution is -0.146. The first-order valence-electron chi connectivity index (χ1n) is 5.10. The number of ether oxygens (including phenoxy) is 1. The molecule has 0 rings (SSSR count). The van der Waals surface area contributed by atoms with Crippen LogP contribution in [0.2, 0.25) is 0 Å². The summed E-state index contributed by atoms with van der Waals surface area (Å²) in [7, 11) is 1.31. The monoisotopic (exact) mass is 216 g/mol. The van der Waals surface area contributed by atoms with E-state index in [2.05, 4.69) is 15.4 Å². The number of methoxy groups -OCH3 is 1. The molecule has 1 atom stereocenters. The Hall–Kier alpha value is -1.10. The lowest BCUT2D eigenvalue weighted by atomic mass is 10.0. The molecule has 0 aliphatic heterocycles. The summed E-state index contributed by atoms with van der Waals surface area (Å²) in [6.45, 7) is 6.56. The van der Waals surface area contributed by atoms with Gasteiger partial charge in [-0.1, -0.05) is 20.8 Å². The van der Waals surface area contributed by atoms with Crippen LogP contribution in [0.4, 0.5) is 0 Å². The van der Waals surface area contributed by atoms with Gasteiger partial charge in [0.15, 0.2) is 0 Å². The first-order chi connectivity index (χ1) is 7.02. The zero-order valence-electron chi connectivity index (χ0n) is 9.79. The Balaban J connectivity index is 4.17. The van der Waals surface area contributed by atoms with Crippen molar-refractivity contribution in [1.29, 1.82) is 0 Å². The van der Waals surface area contributed by atoms with Crippen LogP contribution in [0.3, 0.4) is 0 Å². The number of hydrogen-bond donors (Lipinski definition) is 2. The van der Waals surface area contributed by atoms with Crippen LogP contribution >= 0.6 is 0 Å². The Bertz CT molecular complexity index is 217. The third-order valence-corrected chi connectivity index (χ3v) is 1.97. The molecule has 0 unspecified atom stereocenters. The molecule has 0 aromatic heterocycles. The van der Waals surface area contributed by atoms with Crippen molar-refractivity contribution in [1.82, 2.24) is 10.6 Å². The molecule has 5 nitrogen and oxygen atoms in total. The van der Waals surface area contributed by atoms with Crippen molar-refractivity contribution in [3.63, 3.8) is 0 Å². The molecule has 0 aliphatic rings. The van der Waals surface area contributed by atoms with E-state index in [1.165, 1.54) is 7.11 Å². The molecule has 0 saturated heterocycles. The van der Waals surface area contributed by atoms with Crippen molar-refractivity contribution < 1.29 is 14.3 Å². The summed E-state index contributed by atoms with van der Waals surface area (Å²) in [6.07, 6.45) is 0. The van der Waals surface area contributed by atoms with E-state index in [4.69, 9.17) is 0 Å². The number of likely N-dealkylation sites (N-methyl/N-ethyl adjacent to an activating group) is 1. The van der Waals surface area contributed by atoms with Crippen LogP contribution in [-0.2, 0) is 14.3 Å². The second kappa shape index (κ2) is 7.23. The molecule has 0 saturated carbocycles. The lowest BCUT2D eigenvalue weighted by Crippen LogP contribution is -2.47. The number of rotatable bonds is 6. The van der Waals surface area contributed by atoms with Crippen LogP contribution in [0.25, 0.3) is 0 Å². The molecule has 5 heteroatoms. The van der Waals surface area contributed by atoms with Crippen molar-refractivity contribution in [2.75, 3.05) is 20.2 Å². The van der Waals surface area contributed by atoms with E-state index in [-0.39, 0.29) is 18.4 Å². The number of carbonyl (C=O) groups excluding carboxylic acids is 2. The van der Waals surface area contributed by atoms with E-state index in [0.717, 1.165) is 6.54 Å². The summed E-state index contributed by atoms with van der Waals surface area (Å²) in [5, 5.41) is 5.51. The zero-order chi connectivity index (χ0) is 11.8. The van der Waals surface area contributed by atoms with Gasteiger partial charge in [-0.2, -0.15) is 0 Å². The van der Waals surface area contributed by atoms with E-state index in [0.29, 0.717) is 0 Å². The molecule has 1 amide bonds. The fourth-order valence-electron chi connectivity index (χ4n) is 1.09. The SMILES string of the molecule is CCNCC(=O)N[C@H](C(=O)OC)C(C)C. The minimum absolute atomic E-state index is 0.0167. The molecule has 0 bridgehead atoms. The third kappa shape index (κ3) is 5.37. The average Bonchev–Trinajstić information content (AvgIpc) is 2.21. The molecule has 88 valence electrons. The van der Waals surface area contributed by atoms with Gasteiger partial charge in [-0.3, -0.25) is 4.79 Å². The highest BCUT2D eigenvalue weighted by Gasteiger charge is 2.24. The van der Waals surface area contributed by atoms with Crippen LogP contribution in [-0.4, -0.2) is 38.1 Å². The van der Waals surface area contributed by atoms with Gasteiger partial charge >= 0.3 is 5.97 Å². The van der Waals surface area contributed by atoms with Gasteiger partial charge in [-0.15, -0.1) is 0 Å². The van der Waals surface area contributed by atoms with Crippen LogP contribution in [0.15, 0.2) is 0 Å². The first-order valence-corrected chi connectivity index (χ1v) is 5.10. The van der Waals surface area contributed by atoms with Gasteiger partial charge in [-0.25, -0.2) is 4.79 Å². The fraction of sp³-hybridized carbons (Fsp3) is 0.800. The molecule has 2 N–H and O–H groups in total. The molecule has 0 heterocycles. The van der Waals surface area contributed by atoms with Crippen molar-refractivity contribution >= 4 is 11.9 Å². The highest BCUT2D eigenvalue weighted by Crippen LogP contribution is 2.02. The quantitative estimate of drug-likeness (QED) is 0.609. The van der Waals surface area contributed by atoms with E-state index in [1.54, 1.807) is 0 Å². The number of amides is 1. The van der Waals surface area contributed by atoms with Crippen LogP contribution < -0.4 is 10.6 Å². The Morgan fingerprint density at radius 2 is 1.93 bits per heavy atom. The predicted molar refractivity (Wildman–Crippen MR) is 57.3 cm³/mol. The van der Waals surface area contributed by atoms with Gasteiger partial charge in [0.25, 0.3) is 0 Å². The number of nitrogens with one attached hydrogen (secondary N) is 2. The topological polar surface area (TPSA) is 67.4 Å². The van der Waals surface area contributed by atoms with Gasteiger partial charge in [0, 0.05) is 0 Å². The van der Waals surface area contributed by atoms with Crippen molar-refractivity contribution in [2.45, 2.75) is 26.8 Å². The lowest BCUT2D eigenvalue weighted by Gasteiger charge is -2.19. The summed E-state index contributed by atoms with van der Waals surface area (Å²) >= 11 is 0. The summed E-state index contributed by atoms with van der Waals surface area (Å²) < 4.78 is 4.60. The second-order valence-electron chi connectivity index (χ2n) is 3.59. The van der Waals surface area contributed by atoms with Gasteiger partial charge in [-0.05, 0) is 12.5 Å². The Morgan fingerprint density at radius 3 is 2.33 bits per heavy atom. The van der Waals surface area contributed by atoms with Crippen molar-refractivity contribution in [2.24, 2.45) is 5.92 Å². The second-order valence-corrected chi connectivity index (χ2v) is 3.59. The van der Waals surface area contributed by atoms with E-state index >= 15 is 0 Å². The minimum Gasteiger partial charge on any atom is -0.467 e. The summed E-state index contributed by atoms with van der Waals surface area (Å²) in [4.78, 5) is 22.7. The van der Waals surface area contributed by atoms with Crippen LogP contribution in [0, 0.1) is 5.92 Å². The van der Waals surface area contributed by atoms with E-state index in [1.807, 2.05) is 20.8 Å². The smallest absolute Gasteiger partial charge is 0.328 e. The van der Waals surface area contributed by atoms with Gasteiger partial charge in [0.2, 0.25) is 5.91 Å². The third-order valence-electron chi connectivity index (χ3n) is 1.97. The molecule has 15 heavy (non-hydrogen) atoms. The summed E-state index contributed by atoms with van der Waals surface area (Å²) in [6, 6.07) is -0.568. The Labute approximate surface area is 90.6 Å². The normalized spacial score (nSPS) is 12.3. The maximum atomic E-state index is 11.4.